The van der Waals surface area contributed by atoms with Gasteiger partial charge in [-0.15, -0.1) is 0 Å². The normalized spacial score (nSPS) is 11.9. The highest BCUT2D eigenvalue weighted by atomic mass is 32.2. The van der Waals surface area contributed by atoms with Gasteiger partial charge in [0.25, 0.3) is 0 Å². The van der Waals surface area contributed by atoms with Crippen LogP contribution in [0.3, 0.4) is 0 Å². The fourth-order valence-corrected chi connectivity index (χ4v) is 2.99. The quantitative estimate of drug-likeness (QED) is 0.322. The van der Waals surface area contributed by atoms with Gasteiger partial charge < -0.3 is 16.4 Å². The number of hydrogen-bond acceptors (Lipinski definition) is 5. The first-order valence-electron chi connectivity index (χ1n) is 10.2. The van der Waals surface area contributed by atoms with Gasteiger partial charge in [-0.05, 0) is 58.9 Å². The lowest BCUT2D eigenvalue weighted by molar-refractivity contribution is 0.697. The number of benzene rings is 1. The van der Waals surface area contributed by atoms with Crippen LogP contribution in [-0.2, 0) is 6.42 Å². The van der Waals surface area contributed by atoms with Gasteiger partial charge in [0.15, 0.2) is 5.96 Å². The number of rotatable bonds is 9. The molecular weight excluding hydrogens is 394 g/mol. The zero-order valence-corrected chi connectivity index (χ0v) is 19.4. The van der Waals surface area contributed by atoms with Gasteiger partial charge in [-0.1, -0.05) is 17.7 Å². The molecule has 0 fully saturated rings. The number of guanidine groups is 1. The Labute approximate surface area is 184 Å². The maximum atomic E-state index is 9.56. The monoisotopic (exact) mass is 427 g/mol. The predicted octanol–water partition coefficient (Wildman–Crippen LogP) is 3.26. The van der Waals surface area contributed by atoms with Gasteiger partial charge >= 0.3 is 0 Å². The van der Waals surface area contributed by atoms with E-state index in [2.05, 4.69) is 53.8 Å². The third kappa shape index (κ3) is 6.42. The summed E-state index contributed by atoms with van der Waals surface area (Å²) in [4.78, 5) is 4.68. The van der Waals surface area contributed by atoms with Crippen molar-refractivity contribution in [1.82, 2.24) is 20.4 Å². The first-order chi connectivity index (χ1) is 14.3. The minimum absolute atomic E-state index is 0.102. The van der Waals surface area contributed by atoms with E-state index in [0.29, 0.717) is 17.8 Å². The van der Waals surface area contributed by atoms with Crippen LogP contribution < -0.4 is 16.4 Å². The highest BCUT2D eigenvalue weighted by Gasteiger charge is 2.17. The van der Waals surface area contributed by atoms with Crippen LogP contribution >= 0.6 is 11.8 Å². The van der Waals surface area contributed by atoms with E-state index in [1.807, 2.05) is 31.2 Å². The molecule has 8 heteroatoms. The maximum Gasteiger partial charge on any atom is 0.191 e. The van der Waals surface area contributed by atoms with Crippen LogP contribution in [0.25, 0.3) is 5.69 Å². The summed E-state index contributed by atoms with van der Waals surface area (Å²) in [6.45, 7) is 10.7. The molecule has 0 aliphatic carbocycles. The van der Waals surface area contributed by atoms with E-state index in [1.54, 1.807) is 16.4 Å². The van der Waals surface area contributed by atoms with E-state index < -0.39 is 0 Å². The van der Waals surface area contributed by atoms with Gasteiger partial charge in [0.1, 0.15) is 17.5 Å². The standard InChI is InChI=1S/C22H33N7S/c1-6-25-21(27-15-22(3,4)30-5)26-13-7-8-19-18(14-23)20(24)29(28-19)17-11-9-16(2)10-12-17/h9-12H,6-8,13,15,24H2,1-5H3,(H2,25,26,27). The van der Waals surface area contributed by atoms with Crippen molar-refractivity contribution in [1.29, 1.82) is 5.26 Å². The number of aryl methyl sites for hydroxylation is 2. The van der Waals surface area contributed by atoms with Gasteiger partial charge in [0, 0.05) is 17.8 Å². The van der Waals surface area contributed by atoms with Crippen molar-refractivity contribution < 1.29 is 0 Å². The summed E-state index contributed by atoms with van der Waals surface area (Å²) in [6.07, 6.45) is 3.58. The second kappa shape index (κ2) is 10.9. The second-order valence-corrected chi connectivity index (χ2v) is 9.27. The Morgan fingerprint density at radius 3 is 2.60 bits per heavy atom. The molecule has 0 unspecified atom stereocenters. The smallest absolute Gasteiger partial charge is 0.191 e. The third-order valence-corrected chi connectivity index (χ3v) is 6.02. The molecule has 0 amide bonds. The van der Waals surface area contributed by atoms with E-state index in [1.165, 1.54) is 0 Å². The Morgan fingerprint density at radius 1 is 1.30 bits per heavy atom. The Bertz CT molecular complexity index is 891. The minimum atomic E-state index is 0.102. The topological polar surface area (TPSA) is 104 Å². The molecule has 0 radical (unpaired) electrons. The van der Waals surface area contributed by atoms with Crippen molar-refractivity contribution in [3.63, 3.8) is 0 Å². The Balaban J connectivity index is 2.01. The highest BCUT2D eigenvalue weighted by molar-refractivity contribution is 7.99. The van der Waals surface area contributed by atoms with E-state index >= 15 is 0 Å². The first kappa shape index (κ1) is 23.6. The fourth-order valence-electron chi connectivity index (χ4n) is 2.80. The molecule has 0 spiro atoms. The number of nitrogens with zero attached hydrogens (tertiary/aromatic N) is 4. The van der Waals surface area contributed by atoms with E-state index in [4.69, 9.17) is 5.73 Å². The van der Waals surface area contributed by atoms with Gasteiger partial charge in [-0.25, -0.2) is 4.68 Å². The summed E-state index contributed by atoms with van der Waals surface area (Å²) in [6, 6.07) is 10.1. The van der Waals surface area contributed by atoms with Crippen LogP contribution in [-0.4, -0.2) is 46.4 Å². The Morgan fingerprint density at radius 2 is 2.00 bits per heavy atom. The summed E-state index contributed by atoms with van der Waals surface area (Å²) in [5, 5.41) is 20.8. The van der Waals surface area contributed by atoms with Crippen molar-refractivity contribution >= 4 is 23.5 Å². The van der Waals surface area contributed by atoms with E-state index in [0.717, 1.165) is 49.0 Å². The van der Waals surface area contributed by atoms with Gasteiger partial charge in [0.2, 0.25) is 0 Å². The highest BCUT2D eigenvalue weighted by Crippen LogP contribution is 2.22. The number of nitrogens with one attached hydrogen (secondary N) is 2. The Hall–Kier alpha value is -2.66. The zero-order chi connectivity index (χ0) is 22.1. The molecule has 7 nitrogen and oxygen atoms in total. The molecule has 0 atom stereocenters. The number of nitriles is 1. The molecule has 0 aliphatic rings. The second-order valence-electron chi connectivity index (χ2n) is 7.76. The molecule has 0 bridgehead atoms. The summed E-state index contributed by atoms with van der Waals surface area (Å²) in [5.41, 5.74) is 9.40. The molecule has 162 valence electrons. The average Bonchev–Trinajstić information content (AvgIpc) is 3.05. The van der Waals surface area contributed by atoms with Crippen LogP contribution in [0.15, 0.2) is 29.3 Å². The summed E-state index contributed by atoms with van der Waals surface area (Å²) in [5.74, 6) is 1.20. The van der Waals surface area contributed by atoms with Gasteiger partial charge in [-0.2, -0.15) is 22.1 Å². The van der Waals surface area contributed by atoms with E-state index in [-0.39, 0.29) is 4.75 Å². The molecule has 2 aromatic rings. The van der Waals surface area contributed by atoms with Crippen LogP contribution in [0, 0.1) is 18.3 Å². The van der Waals surface area contributed by atoms with Crippen molar-refractivity contribution in [3.8, 4) is 11.8 Å². The molecule has 0 saturated heterocycles. The third-order valence-electron chi connectivity index (χ3n) is 4.78. The van der Waals surface area contributed by atoms with E-state index in [9.17, 15) is 5.26 Å². The summed E-state index contributed by atoms with van der Waals surface area (Å²) < 4.78 is 1.75. The lowest BCUT2D eigenvalue weighted by atomic mass is 10.1. The molecule has 4 N–H and O–H groups in total. The molecule has 1 heterocycles. The molecule has 30 heavy (non-hydrogen) atoms. The first-order valence-corrected chi connectivity index (χ1v) is 11.5. The van der Waals surface area contributed by atoms with Crippen molar-refractivity contribution in [2.75, 3.05) is 31.6 Å². The van der Waals surface area contributed by atoms with Crippen LogP contribution in [0.1, 0.15) is 44.0 Å². The molecule has 1 aromatic carbocycles. The Kier molecular flexibility index (Phi) is 8.60. The van der Waals surface area contributed by atoms with Crippen molar-refractivity contribution in [2.45, 2.75) is 45.3 Å². The zero-order valence-electron chi connectivity index (χ0n) is 18.6. The fraction of sp³-hybridized carbons (Fsp3) is 0.500. The summed E-state index contributed by atoms with van der Waals surface area (Å²) in [7, 11) is 0. The lowest BCUT2D eigenvalue weighted by Crippen LogP contribution is -2.39. The molecular formula is C22H33N7S. The number of thioether (sulfide) groups is 1. The maximum absolute atomic E-state index is 9.56. The lowest BCUT2D eigenvalue weighted by Gasteiger charge is -2.20. The number of aliphatic imine (C=N–C) groups is 1. The number of hydrogen-bond donors (Lipinski definition) is 3. The largest absolute Gasteiger partial charge is 0.382 e. The average molecular weight is 428 g/mol. The summed E-state index contributed by atoms with van der Waals surface area (Å²) >= 11 is 1.80. The number of nitrogens with two attached hydrogens (primary N) is 1. The van der Waals surface area contributed by atoms with Crippen molar-refractivity contribution in [3.05, 3.63) is 41.1 Å². The number of nitrogen functional groups attached to an aromatic ring is 1. The molecule has 0 saturated carbocycles. The van der Waals surface area contributed by atoms with Crippen LogP contribution in [0.2, 0.25) is 0 Å². The van der Waals surface area contributed by atoms with Crippen LogP contribution in [0.5, 0.6) is 0 Å². The number of aromatic nitrogens is 2. The SMILES string of the molecule is CCNC(=NCC(C)(C)SC)NCCCc1nn(-c2ccc(C)cc2)c(N)c1C#N. The van der Waals surface area contributed by atoms with Gasteiger partial charge in [0.05, 0.1) is 17.9 Å². The van der Waals surface area contributed by atoms with Gasteiger partial charge in [-0.3, -0.25) is 4.99 Å². The van der Waals surface area contributed by atoms with Crippen molar-refractivity contribution in [2.24, 2.45) is 4.99 Å². The molecule has 2 rings (SSSR count). The molecule has 0 aliphatic heterocycles. The predicted molar refractivity (Wildman–Crippen MR) is 127 cm³/mol. The minimum Gasteiger partial charge on any atom is -0.382 e. The molecule has 1 aromatic heterocycles. The number of anilines is 1. The van der Waals surface area contributed by atoms with Crippen LogP contribution in [0.4, 0.5) is 5.82 Å².